The Labute approximate surface area is 243 Å². The fourth-order valence-corrected chi connectivity index (χ4v) is 5.09. The van der Waals surface area contributed by atoms with E-state index in [1.54, 1.807) is 12.1 Å². The van der Waals surface area contributed by atoms with Crippen molar-refractivity contribution < 1.29 is 35.1 Å². The third kappa shape index (κ3) is 4.79. The Morgan fingerprint density at radius 3 is 1.20 bits per heavy atom. The van der Waals surface area contributed by atoms with Crippen molar-refractivity contribution in [1.82, 2.24) is 0 Å². The lowest BCUT2D eigenvalue weighted by molar-refractivity contribution is -0.140. The molecule has 5 rings (SSSR count). The molecule has 0 bridgehead atoms. The highest BCUT2D eigenvalue weighted by Gasteiger charge is 2.36. The molecule has 12 heteroatoms. The van der Waals surface area contributed by atoms with Gasteiger partial charge in [-0.25, -0.2) is 8.78 Å². The zero-order chi connectivity index (χ0) is 32.1. The lowest BCUT2D eigenvalue weighted by Gasteiger charge is -2.14. The maximum absolute atomic E-state index is 14.0. The normalized spacial score (nSPS) is 12.0. The predicted molar refractivity (Wildman–Crippen MR) is 139 cm³/mol. The molecule has 0 N–H and O–H groups in total. The highest BCUT2D eigenvalue weighted by molar-refractivity contribution is 6.07. The Hall–Kier alpha value is -5.98. The second kappa shape index (κ2) is 10.4. The molecule has 0 amide bonds. The van der Waals surface area contributed by atoms with Crippen molar-refractivity contribution >= 4 is 5.57 Å². The van der Waals surface area contributed by atoms with Gasteiger partial charge in [0, 0.05) is 16.7 Å². The average Bonchev–Trinajstić information content (AvgIpc) is 3.28. The maximum Gasteiger partial charge on any atom is 0.419 e. The van der Waals surface area contributed by atoms with Crippen LogP contribution >= 0.6 is 0 Å². The van der Waals surface area contributed by atoms with Crippen LogP contribution in [0, 0.1) is 57.0 Å². The molecule has 4 aromatic rings. The van der Waals surface area contributed by atoms with Crippen LogP contribution in [0.15, 0.2) is 66.2 Å². The molecule has 4 aromatic carbocycles. The number of nitrogens with zero attached hydrogens (tertiary/aromatic N) is 4. The second-order valence-electron chi connectivity index (χ2n) is 9.47. The van der Waals surface area contributed by atoms with Crippen molar-refractivity contribution in [2.24, 2.45) is 0 Å². The summed E-state index contributed by atoms with van der Waals surface area (Å²) in [6, 6.07) is 16.4. The van der Waals surface area contributed by atoms with Crippen LogP contribution in [0.4, 0.5) is 35.1 Å². The van der Waals surface area contributed by atoms with Gasteiger partial charge in [-0.2, -0.15) is 47.4 Å². The van der Waals surface area contributed by atoms with Gasteiger partial charge in [0.1, 0.15) is 29.3 Å². The quantitative estimate of drug-likeness (QED) is 0.149. The van der Waals surface area contributed by atoms with Crippen LogP contribution in [0.5, 0.6) is 0 Å². The first-order chi connectivity index (χ1) is 20.7. The molecule has 0 fully saturated rings. The van der Waals surface area contributed by atoms with E-state index < -0.39 is 40.7 Å². The van der Waals surface area contributed by atoms with E-state index in [2.05, 4.69) is 0 Å². The number of rotatable bonds is 2. The Balaban J connectivity index is 1.86. The van der Waals surface area contributed by atoms with Crippen LogP contribution in [0.2, 0.25) is 0 Å². The minimum absolute atomic E-state index is 0.0173. The summed E-state index contributed by atoms with van der Waals surface area (Å²) in [4.78, 5) is 0. The minimum atomic E-state index is -5.06. The van der Waals surface area contributed by atoms with E-state index in [1.807, 2.05) is 12.1 Å². The highest BCUT2D eigenvalue weighted by Crippen LogP contribution is 2.50. The van der Waals surface area contributed by atoms with E-state index in [1.165, 1.54) is 24.3 Å². The van der Waals surface area contributed by atoms with Crippen LogP contribution in [0.25, 0.3) is 39.0 Å². The summed E-state index contributed by atoms with van der Waals surface area (Å²) in [7, 11) is 0. The number of hydrogen-bond donors (Lipinski definition) is 0. The van der Waals surface area contributed by atoms with Crippen molar-refractivity contribution in [3.05, 3.63) is 111 Å². The van der Waals surface area contributed by atoms with Gasteiger partial charge < -0.3 is 0 Å². The van der Waals surface area contributed by atoms with Gasteiger partial charge in [-0.05, 0) is 81.9 Å². The first kappa shape index (κ1) is 29.5. The SMILES string of the molecule is N#CC(C#N)=C1c2cc(C#N)c(-c3ccc(F)c(C(F)(F)F)c3)cc2-c2cc(-c3ccc(F)c(C(F)(F)F)c3)c(C#N)cc21. The van der Waals surface area contributed by atoms with E-state index in [-0.39, 0.29) is 61.2 Å². The number of alkyl halides is 6. The second-order valence-corrected chi connectivity index (χ2v) is 9.47. The number of allylic oxidation sites excluding steroid dienone is 1. The van der Waals surface area contributed by atoms with E-state index in [9.17, 15) is 56.2 Å². The van der Waals surface area contributed by atoms with Crippen LogP contribution in [0.1, 0.15) is 33.4 Å². The summed E-state index contributed by atoms with van der Waals surface area (Å²) in [5, 5.41) is 39.1. The average molecular weight is 602 g/mol. The molecule has 0 saturated carbocycles. The number of fused-ring (bicyclic) bond motifs is 3. The van der Waals surface area contributed by atoms with Gasteiger partial charge in [0.2, 0.25) is 0 Å². The summed E-state index contributed by atoms with van der Waals surface area (Å²) in [6.07, 6.45) is -10.1. The van der Waals surface area contributed by atoms with Gasteiger partial charge >= 0.3 is 12.4 Å². The molecule has 0 saturated heterocycles. The van der Waals surface area contributed by atoms with E-state index in [4.69, 9.17) is 0 Å². The number of hydrogen-bond acceptors (Lipinski definition) is 4. The lowest BCUT2D eigenvalue weighted by atomic mass is 9.91. The Bertz CT molecular complexity index is 1960. The topological polar surface area (TPSA) is 95.2 Å². The summed E-state index contributed by atoms with van der Waals surface area (Å²) < 4.78 is 109. The van der Waals surface area contributed by atoms with Gasteiger partial charge in [0.15, 0.2) is 0 Å². The van der Waals surface area contributed by atoms with Gasteiger partial charge in [-0.15, -0.1) is 0 Å². The maximum atomic E-state index is 14.0. The molecule has 0 heterocycles. The molecule has 0 atom stereocenters. The zero-order valence-electron chi connectivity index (χ0n) is 21.6. The van der Waals surface area contributed by atoms with Crippen LogP contribution in [-0.2, 0) is 12.4 Å². The summed E-state index contributed by atoms with van der Waals surface area (Å²) in [5.41, 5.74) is -4.02. The third-order valence-electron chi connectivity index (χ3n) is 7.02. The van der Waals surface area contributed by atoms with Crippen molar-refractivity contribution in [1.29, 1.82) is 21.0 Å². The summed E-state index contributed by atoms with van der Waals surface area (Å²) >= 11 is 0. The highest BCUT2D eigenvalue weighted by atomic mass is 19.4. The Morgan fingerprint density at radius 2 is 0.886 bits per heavy atom. The first-order valence-corrected chi connectivity index (χ1v) is 12.2. The van der Waals surface area contributed by atoms with Crippen molar-refractivity contribution in [2.45, 2.75) is 12.4 Å². The van der Waals surface area contributed by atoms with Crippen molar-refractivity contribution in [2.75, 3.05) is 0 Å². The molecule has 1 aliphatic carbocycles. The fourth-order valence-electron chi connectivity index (χ4n) is 5.09. The predicted octanol–water partition coefficient (Wildman–Crippen LogP) is 8.91. The molecule has 214 valence electrons. The third-order valence-corrected chi connectivity index (χ3v) is 7.02. The van der Waals surface area contributed by atoms with Crippen LogP contribution < -0.4 is 0 Å². The molecular formula is C32H10F8N4. The summed E-state index contributed by atoms with van der Waals surface area (Å²) in [5.74, 6) is -3.09. The number of benzene rings is 4. The van der Waals surface area contributed by atoms with Crippen molar-refractivity contribution in [3.8, 4) is 57.7 Å². The van der Waals surface area contributed by atoms with Gasteiger partial charge in [-0.3, -0.25) is 0 Å². The van der Waals surface area contributed by atoms with Gasteiger partial charge in [0.25, 0.3) is 0 Å². The standard InChI is InChI=1S/C32H10F8N4/c33-28-3-1-15(7-26(28)31(35,36)37)20-9-22-23-10-21(16-2-4-29(34)27(8-16)32(38,39)40)18(12-42)6-25(23)30(19(13-43)14-44)24(22)5-17(20)11-41/h1-10H. The van der Waals surface area contributed by atoms with E-state index in [0.717, 1.165) is 12.1 Å². The largest absolute Gasteiger partial charge is 0.419 e. The smallest absolute Gasteiger partial charge is 0.206 e. The molecule has 0 unspecified atom stereocenters. The van der Waals surface area contributed by atoms with Gasteiger partial charge in [-0.1, -0.05) is 12.1 Å². The van der Waals surface area contributed by atoms with Crippen molar-refractivity contribution in [3.63, 3.8) is 0 Å². The van der Waals surface area contributed by atoms with E-state index in [0.29, 0.717) is 24.3 Å². The Kier molecular flexibility index (Phi) is 6.96. The summed E-state index contributed by atoms with van der Waals surface area (Å²) in [6.45, 7) is 0. The minimum Gasteiger partial charge on any atom is -0.206 e. The molecule has 44 heavy (non-hydrogen) atoms. The number of halogens is 8. The van der Waals surface area contributed by atoms with E-state index >= 15 is 0 Å². The molecule has 0 radical (unpaired) electrons. The molecule has 4 nitrogen and oxygen atoms in total. The molecule has 0 aromatic heterocycles. The zero-order valence-corrected chi connectivity index (χ0v) is 21.6. The lowest BCUT2D eigenvalue weighted by Crippen LogP contribution is -2.08. The molecular weight excluding hydrogens is 592 g/mol. The first-order valence-electron chi connectivity index (χ1n) is 12.2. The molecule has 0 aliphatic heterocycles. The Morgan fingerprint density at radius 1 is 0.500 bits per heavy atom. The van der Waals surface area contributed by atoms with Crippen LogP contribution in [-0.4, -0.2) is 0 Å². The number of nitriles is 4. The molecule has 0 spiro atoms. The van der Waals surface area contributed by atoms with Crippen LogP contribution in [0.3, 0.4) is 0 Å². The fraction of sp³-hybridized carbons (Fsp3) is 0.0625. The van der Waals surface area contributed by atoms with Gasteiger partial charge in [0.05, 0.1) is 34.4 Å². The monoisotopic (exact) mass is 602 g/mol. The molecule has 1 aliphatic rings.